The standard InChI is InChI=1S/C18H18FN4/c1-21(2)13-4-6-14(7-5-13)23-12-20-18-16(19)10-15(11-17(18)23)22-8-3-9-22/h3-7,10-12H,8-9H2,1-2H3. The summed E-state index contributed by atoms with van der Waals surface area (Å²) in [6.45, 7) is 1.74. The molecule has 4 nitrogen and oxygen atoms in total. The van der Waals surface area contributed by atoms with Crippen molar-refractivity contribution in [1.29, 1.82) is 0 Å². The topological polar surface area (TPSA) is 24.3 Å². The van der Waals surface area contributed by atoms with Crippen molar-refractivity contribution in [2.24, 2.45) is 0 Å². The predicted molar refractivity (Wildman–Crippen MR) is 91.9 cm³/mol. The van der Waals surface area contributed by atoms with Crippen molar-refractivity contribution in [3.8, 4) is 5.69 Å². The summed E-state index contributed by atoms with van der Waals surface area (Å²) in [5.74, 6) is -0.270. The molecule has 0 spiro atoms. The first-order chi connectivity index (χ1) is 11.1. The maximum atomic E-state index is 14.3. The molecule has 23 heavy (non-hydrogen) atoms. The molecule has 2 heterocycles. The number of anilines is 2. The van der Waals surface area contributed by atoms with Gasteiger partial charge in [0, 0.05) is 50.7 Å². The van der Waals surface area contributed by atoms with Gasteiger partial charge in [-0.25, -0.2) is 9.37 Å². The molecular weight excluding hydrogens is 291 g/mol. The first-order valence-corrected chi connectivity index (χ1v) is 7.64. The summed E-state index contributed by atoms with van der Waals surface area (Å²) >= 11 is 0. The van der Waals surface area contributed by atoms with Crippen molar-refractivity contribution >= 4 is 22.4 Å². The van der Waals surface area contributed by atoms with Gasteiger partial charge in [0.2, 0.25) is 0 Å². The molecular formula is C18H18FN4. The average molecular weight is 309 g/mol. The van der Waals surface area contributed by atoms with Crippen LogP contribution < -0.4 is 9.80 Å². The summed E-state index contributed by atoms with van der Waals surface area (Å²) in [6.07, 6.45) is 3.85. The summed E-state index contributed by atoms with van der Waals surface area (Å²) in [4.78, 5) is 8.43. The lowest BCUT2D eigenvalue weighted by Crippen LogP contribution is -2.37. The van der Waals surface area contributed by atoms with E-state index in [0.29, 0.717) is 5.52 Å². The van der Waals surface area contributed by atoms with Gasteiger partial charge in [0.25, 0.3) is 0 Å². The zero-order valence-corrected chi connectivity index (χ0v) is 13.2. The molecule has 1 aliphatic rings. The highest BCUT2D eigenvalue weighted by molar-refractivity contribution is 5.82. The van der Waals surface area contributed by atoms with Crippen molar-refractivity contribution < 1.29 is 4.39 Å². The Kier molecular flexibility index (Phi) is 3.22. The van der Waals surface area contributed by atoms with E-state index in [1.54, 1.807) is 12.4 Å². The second-order valence-electron chi connectivity index (χ2n) is 6.01. The predicted octanol–water partition coefficient (Wildman–Crippen LogP) is 3.25. The maximum Gasteiger partial charge on any atom is 0.153 e. The third-order valence-electron chi connectivity index (χ3n) is 4.30. The van der Waals surface area contributed by atoms with E-state index in [0.717, 1.165) is 35.7 Å². The Balaban J connectivity index is 1.81. The molecule has 1 aromatic heterocycles. The lowest BCUT2D eigenvalue weighted by molar-refractivity contribution is 0.635. The van der Waals surface area contributed by atoms with Gasteiger partial charge in [-0.3, -0.25) is 4.57 Å². The first-order valence-electron chi connectivity index (χ1n) is 7.64. The Morgan fingerprint density at radius 3 is 2.39 bits per heavy atom. The Labute approximate surface area is 134 Å². The Bertz CT molecular complexity index is 847. The zero-order valence-electron chi connectivity index (χ0n) is 13.2. The summed E-state index contributed by atoms with van der Waals surface area (Å²) in [7, 11) is 4.01. The molecule has 1 saturated heterocycles. The number of benzene rings is 2. The van der Waals surface area contributed by atoms with Gasteiger partial charge >= 0.3 is 0 Å². The molecule has 2 aromatic carbocycles. The molecule has 4 rings (SSSR count). The van der Waals surface area contributed by atoms with Crippen LogP contribution in [0, 0.1) is 12.2 Å². The third kappa shape index (κ3) is 2.32. The van der Waals surface area contributed by atoms with Gasteiger partial charge in [0.15, 0.2) is 5.82 Å². The average Bonchev–Trinajstić information content (AvgIpc) is 2.90. The van der Waals surface area contributed by atoms with Crippen LogP contribution >= 0.6 is 0 Å². The van der Waals surface area contributed by atoms with E-state index in [-0.39, 0.29) is 5.82 Å². The quantitative estimate of drug-likeness (QED) is 0.742. The summed E-state index contributed by atoms with van der Waals surface area (Å²) in [5.41, 5.74) is 4.22. The summed E-state index contributed by atoms with van der Waals surface area (Å²) in [5, 5.41) is 0. The Morgan fingerprint density at radius 1 is 1.04 bits per heavy atom. The van der Waals surface area contributed by atoms with E-state index in [9.17, 15) is 4.39 Å². The van der Waals surface area contributed by atoms with Crippen molar-refractivity contribution in [3.63, 3.8) is 0 Å². The minimum Gasteiger partial charge on any atom is -0.378 e. The van der Waals surface area contributed by atoms with Crippen LogP contribution in [-0.4, -0.2) is 36.7 Å². The monoisotopic (exact) mass is 309 g/mol. The van der Waals surface area contributed by atoms with Crippen LogP contribution in [0.15, 0.2) is 42.7 Å². The van der Waals surface area contributed by atoms with Crippen LogP contribution in [0.1, 0.15) is 0 Å². The minimum absolute atomic E-state index is 0.270. The van der Waals surface area contributed by atoms with E-state index < -0.39 is 0 Å². The molecule has 5 heteroatoms. The van der Waals surface area contributed by atoms with E-state index in [2.05, 4.69) is 16.3 Å². The van der Waals surface area contributed by atoms with Gasteiger partial charge in [0.05, 0.1) is 5.52 Å². The highest BCUT2D eigenvalue weighted by Crippen LogP contribution is 2.29. The highest BCUT2D eigenvalue weighted by Gasteiger charge is 2.18. The van der Waals surface area contributed by atoms with Crippen LogP contribution in [0.2, 0.25) is 0 Å². The van der Waals surface area contributed by atoms with Crippen molar-refractivity contribution in [1.82, 2.24) is 9.55 Å². The lowest BCUT2D eigenvalue weighted by atomic mass is 10.1. The fourth-order valence-electron chi connectivity index (χ4n) is 2.83. The summed E-state index contributed by atoms with van der Waals surface area (Å²) < 4.78 is 16.3. The first kappa shape index (κ1) is 14.1. The molecule has 1 radical (unpaired) electrons. The number of nitrogens with zero attached hydrogens (tertiary/aromatic N) is 4. The smallest absolute Gasteiger partial charge is 0.153 e. The van der Waals surface area contributed by atoms with Gasteiger partial charge in [-0.1, -0.05) is 0 Å². The number of aromatic nitrogens is 2. The van der Waals surface area contributed by atoms with E-state index >= 15 is 0 Å². The van der Waals surface area contributed by atoms with E-state index in [1.807, 2.05) is 53.9 Å². The second kappa shape index (κ2) is 5.26. The number of rotatable bonds is 3. The fraction of sp³-hybridized carbons (Fsp3) is 0.222. The maximum absolute atomic E-state index is 14.3. The normalized spacial score (nSPS) is 14.1. The number of imidazole rings is 1. The van der Waals surface area contributed by atoms with Crippen LogP contribution in [0.25, 0.3) is 16.7 Å². The van der Waals surface area contributed by atoms with Gasteiger partial charge in [0.1, 0.15) is 11.8 Å². The molecule has 1 aliphatic heterocycles. The Morgan fingerprint density at radius 2 is 1.78 bits per heavy atom. The number of hydrogen-bond acceptors (Lipinski definition) is 3. The molecule has 1 fully saturated rings. The third-order valence-corrected chi connectivity index (χ3v) is 4.30. The largest absolute Gasteiger partial charge is 0.378 e. The number of hydrogen-bond donors (Lipinski definition) is 0. The van der Waals surface area contributed by atoms with Crippen LogP contribution in [0.3, 0.4) is 0 Å². The second-order valence-corrected chi connectivity index (χ2v) is 6.01. The SMILES string of the molecule is CN(C)c1ccc(-n2cnc3c(F)cc(N4C[CH]C4)cc32)cc1. The number of halogens is 1. The molecule has 0 N–H and O–H groups in total. The van der Waals surface area contributed by atoms with Gasteiger partial charge < -0.3 is 9.80 Å². The van der Waals surface area contributed by atoms with Crippen molar-refractivity contribution in [2.75, 3.05) is 37.0 Å². The Hall–Kier alpha value is -2.56. The van der Waals surface area contributed by atoms with Gasteiger partial charge in [-0.15, -0.1) is 0 Å². The fourth-order valence-corrected chi connectivity index (χ4v) is 2.83. The van der Waals surface area contributed by atoms with E-state index in [1.165, 1.54) is 0 Å². The lowest BCUT2D eigenvalue weighted by Gasteiger charge is -2.32. The molecule has 3 aromatic rings. The molecule has 0 unspecified atom stereocenters. The van der Waals surface area contributed by atoms with E-state index in [4.69, 9.17) is 0 Å². The molecule has 0 bridgehead atoms. The zero-order chi connectivity index (χ0) is 16.0. The van der Waals surface area contributed by atoms with Crippen LogP contribution in [-0.2, 0) is 0 Å². The number of fused-ring (bicyclic) bond motifs is 1. The molecule has 0 atom stereocenters. The van der Waals surface area contributed by atoms with Gasteiger partial charge in [-0.05, 0) is 36.4 Å². The summed E-state index contributed by atoms with van der Waals surface area (Å²) in [6, 6.07) is 11.7. The molecule has 0 aliphatic carbocycles. The highest BCUT2D eigenvalue weighted by atomic mass is 19.1. The van der Waals surface area contributed by atoms with Crippen molar-refractivity contribution in [3.05, 3.63) is 55.0 Å². The van der Waals surface area contributed by atoms with Crippen molar-refractivity contribution in [2.45, 2.75) is 0 Å². The van der Waals surface area contributed by atoms with Gasteiger partial charge in [-0.2, -0.15) is 0 Å². The van der Waals surface area contributed by atoms with Crippen LogP contribution in [0.5, 0.6) is 0 Å². The molecule has 0 saturated carbocycles. The molecule has 117 valence electrons. The van der Waals surface area contributed by atoms with Crippen LogP contribution in [0.4, 0.5) is 15.8 Å². The molecule has 0 amide bonds. The minimum atomic E-state index is -0.270.